The van der Waals surface area contributed by atoms with Crippen LogP contribution in [-0.2, 0) is 0 Å². The van der Waals surface area contributed by atoms with E-state index in [1.54, 1.807) is 0 Å². The molecule has 2 nitrogen and oxygen atoms in total. The summed E-state index contributed by atoms with van der Waals surface area (Å²) < 4.78 is 0. The topological polar surface area (TPSA) is 32.3 Å². The first-order chi connectivity index (χ1) is 5.81. The van der Waals surface area contributed by atoms with Crippen LogP contribution in [0.2, 0.25) is 0 Å². The normalized spacial score (nSPS) is 13.2. The molecule has 0 aromatic heterocycles. The molecule has 1 atom stereocenters. The second-order valence-electron chi connectivity index (χ2n) is 3.43. The third-order valence-electron chi connectivity index (χ3n) is 2.07. The van der Waals surface area contributed by atoms with Gasteiger partial charge in [0.05, 0.1) is 0 Å². The molecule has 0 amide bonds. The van der Waals surface area contributed by atoms with Gasteiger partial charge in [-0.05, 0) is 26.3 Å². The van der Waals surface area contributed by atoms with Gasteiger partial charge in [0.2, 0.25) is 0 Å². The standard InChI is InChI=1S/C10H23NO/c1-3-4-5-7-10(2)11-8-6-9-12/h10-12H,3-9H2,1-2H3. The molecule has 0 saturated heterocycles. The van der Waals surface area contributed by atoms with E-state index >= 15 is 0 Å². The van der Waals surface area contributed by atoms with Gasteiger partial charge in [0, 0.05) is 12.6 Å². The van der Waals surface area contributed by atoms with E-state index < -0.39 is 0 Å². The predicted molar refractivity (Wildman–Crippen MR) is 53.3 cm³/mol. The van der Waals surface area contributed by atoms with Crippen molar-refractivity contribution in [1.82, 2.24) is 5.32 Å². The van der Waals surface area contributed by atoms with E-state index in [2.05, 4.69) is 19.2 Å². The van der Waals surface area contributed by atoms with Gasteiger partial charge in [-0.2, -0.15) is 0 Å². The molecular formula is C10H23NO. The SMILES string of the molecule is CCCCCC(C)NCCCO. The predicted octanol–water partition coefficient (Wildman–Crippen LogP) is 1.93. The van der Waals surface area contributed by atoms with Crippen LogP contribution in [0.15, 0.2) is 0 Å². The smallest absolute Gasteiger partial charge is 0.0443 e. The highest BCUT2D eigenvalue weighted by molar-refractivity contribution is 4.59. The number of unbranched alkanes of at least 4 members (excludes halogenated alkanes) is 2. The fraction of sp³-hybridized carbons (Fsp3) is 1.00. The second-order valence-corrected chi connectivity index (χ2v) is 3.43. The Bertz CT molecular complexity index is 75.9. The fourth-order valence-corrected chi connectivity index (χ4v) is 1.23. The molecule has 0 heterocycles. The molecule has 0 aromatic carbocycles. The van der Waals surface area contributed by atoms with Gasteiger partial charge in [0.15, 0.2) is 0 Å². The Morgan fingerprint density at radius 3 is 2.58 bits per heavy atom. The van der Waals surface area contributed by atoms with Gasteiger partial charge in [0.1, 0.15) is 0 Å². The highest BCUT2D eigenvalue weighted by Crippen LogP contribution is 2.02. The number of rotatable bonds is 8. The first kappa shape index (κ1) is 11.9. The maximum Gasteiger partial charge on any atom is 0.0443 e. The van der Waals surface area contributed by atoms with Crippen LogP contribution in [0.3, 0.4) is 0 Å². The van der Waals surface area contributed by atoms with Crippen LogP contribution in [0.5, 0.6) is 0 Å². The lowest BCUT2D eigenvalue weighted by Crippen LogP contribution is -2.27. The van der Waals surface area contributed by atoms with Gasteiger partial charge in [-0.15, -0.1) is 0 Å². The van der Waals surface area contributed by atoms with E-state index in [1.165, 1.54) is 25.7 Å². The van der Waals surface area contributed by atoms with Gasteiger partial charge >= 0.3 is 0 Å². The van der Waals surface area contributed by atoms with Crippen LogP contribution < -0.4 is 5.32 Å². The van der Waals surface area contributed by atoms with Crippen molar-refractivity contribution in [3.63, 3.8) is 0 Å². The van der Waals surface area contributed by atoms with Crippen LogP contribution in [0, 0.1) is 0 Å². The average Bonchev–Trinajstić information content (AvgIpc) is 2.06. The number of hydrogen-bond donors (Lipinski definition) is 2. The maximum absolute atomic E-state index is 8.55. The number of nitrogens with one attached hydrogen (secondary N) is 1. The van der Waals surface area contributed by atoms with Crippen molar-refractivity contribution in [3.05, 3.63) is 0 Å². The third kappa shape index (κ3) is 8.02. The minimum Gasteiger partial charge on any atom is -0.396 e. The molecule has 0 aliphatic rings. The number of hydrogen-bond acceptors (Lipinski definition) is 2. The van der Waals surface area contributed by atoms with Crippen molar-refractivity contribution in [2.45, 2.75) is 52.0 Å². The largest absolute Gasteiger partial charge is 0.396 e. The van der Waals surface area contributed by atoms with Crippen molar-refractivity contribution in [3.8, 4) is 0 Å². The first-order valence-corrected chi connectivity index (χ1v) is 5.15. The molecule has 0 aliphatic carbocycles. The Hall–Kier alpha value is -0.0800. The zero-order chi connectivity index (χ0) is 9.23. The van der Waals surface area contributed by atoms with Crippen LogP contribution in [0.4, 0.5) is 0 Å². The molecule has 0 saturated carbocycles. The van der Waals surface area contributed by atoms with Gasteiger partial charge < -0.3 is 10.4 Å². The molecule has 0 rings (SSSR count). The molecule has 12 heavy (non-hydrogen) atoms. The summed E-state index contributed by atoms with van der Waals surface area (Å²) in [6.45, 7) is 5.69. The molecular weight excluding hydrogens is 150 g/mol. The average molecular weight is 173 g/mol. The fourth-order valence-electron chi connectivity index (χ4n) is 1.23. The highest BCUT2D eigenvalue weighted by Gasteiger charge is 1.98. The van der Waals surface area contributed by atoms with Gasteiger partial charge in [-0.3, -0.25) is 0 Å². The van der Waals surface area contributed by atoms with E-state index in [0.717, 1.165) is 13.0 Å². The van der Waals surface area contributed by atoms with E-state index in [9.17, 15) is 0 Å². The number of aliphatic hydroxyl groups excluding tert-OH is 1. The summed E-state index contributed by atoms with van der Waals surface area (Å²) in [5.74, 6) is 0. The van der Waals surface area contributed by atoms with Crippen LogP contribution in [-0.4, -0.2) is 24.3 Å². The minimum atomic E-state index is 0.300. The van der Waals surface area contributed by atoms with Crippen LogP contribution >= 0.6 is 0 Å². The van der Waals surface area contributed by atoms with E-state index in [0.29, 0.717) is 12.6 Å². The summed E-state index contributed by atoms with van der Waals surface area (Å²) in [5, 5.41) is 11.9. The monoisotopic (exact) mass is 173 g/mol. The molecule has 1 unspecified atom stereocenters. The van der Waals surface area contributed by atoms with Crippen molar-refractivity contribution in [2.75, 3.05) is 13.2 Å². The van der Waals surface area contributed by atoms with Gasteiger partial charge in [-0.25, -0.2) is 0 Å². The molecule has 0 fully saturated rings. The van der Waals surface area contributed by atoms with Crippen molar-refractivity contribution in [1.29, 1.82) is 0 Å². The Labute approximate surface area is 76.4 Å². The Morgan fingerprint density at radius 1 is 1.25 bits per heavy atom. The molecule has 2 heteroatoms. The summed E-state index contributed by atoms with van der Waals surface area (Å²) >= 11 is 0. The number of aliphatic hydroxyl groups is 1. The summed E-state index contributed by atoms with van der Waals surface area (Å²) in [5.41, 5.74) is 0. The maximum atomic E-state index is 8.55. The lowest BCUT2D eigenvalue weighted by molar-refractivity contribution is 0.283. The second kappa shape index (κ2) is 9.01. The molecule has 0 spiro atoms. The Morgan fingerprint density at radius 2 is 2.00 bits per heavy atom. The van der Waals surface area contributed by atoms with Crippen LogP contribution in [0.25, 0.3) is 0 Å². The highest BCUT2D eigenvalue weighted by atomic mass is 16.3. The van der Waals surface area contributed by atoms with Crippen molar-refractivity contribution in [2.24, 2.45) is 0 Å². The Kier molecular flexibility index (Phi) is 8.95. The summed E-state index contributed by atoms with van der Waals surface area (Å²) in [6.07, 6.45) is 6.09. The zero-order valence-corrected chi connectivity index (χ0v) is 8.47. The molecule has 0 radical (unpaired) electrons. The van der Waals surface area contributed by atoms with Crippen molar-refractivity contribution >= 4 is 0 Å². The summed E-state index contributed by atoms with van der Waals surface area (Å²) in [7, 11) is 0. The summed E-state index contributed by atoms with van der Waals surface area (Å²) in [4.78, 5) is 0. The van der Waals surface area contributed by atoms with E-state index in [4.69, 9.17) is 5.11 Å². The van der Waals surface area contributed by atoms with Gasteiger partial charge in [0.25, 0.3) is 0 Å². The van der Waals surface area contributed by atoms with E-state index in [1.807, 2.05) is 0 Å². The minimum absolute atomic E-state index is 0.300. The zero-order valence-electron chi connectivity index (χ0n) is 8.47. The van der Waals surface area contributed by atoms with E-state index in [-0.39, 0.29) is 0 Å². The molecule has 74 valence electrons. The van der Waals surface area contributed by atoms with Gasteiger partial charge in [-0.1, -0.05) is 26.2 Å². The molecule has 0 bridgehead atoms. The molecule has 0 aliphatic heterocycles. The lowest BCUT2D eigenvalue weighted by atomic mass is 10.1. The first-order valence-electron chi connectivity index (χ1n) is 5.15. The molecule has 2 N–H and O–H groups in total. The lowest BCUT2D eigenvalue weighted by Gasteiger charge is -2.12. The Balaban J connectivity index is 3.04. The quantitative estimate of drug-likeness (QED) is 0.550. The van der Waals surface area contributed by atoms with Crippen molar-refractivity contribution < 1.29 is 5.11 Å². The molecule has 0 aromatic rings. The third-order valence-corrected chi connectivity index (χ3v) is 2.07. The summed E-state index contributed by atoms with van der Waals surface area (Å²) in [6, 6.07) is 0.614. The van der Waals surface area contributed by atoms with Crippen LogP contribution in [0.1, 0.15) is 46.0 Å².